The quantitative estimate of drug-likeness (QED) is 0.643. The Hall–Kier alpha value is -1.74. The van der Waals surface area contributed by atoms with Gasteiger partial charge in [-0.1, -0.05) is 0 Å². The summed E-state index contributed by atoms with van der Waals surface area (Å²) in [5, 5.41) is 12.1. The zero-order valence-corrected chi connectivity index (χ0v) is 11.9. The number of carbonyl (C=O) groups is 3. The monoisotopic (exact) mass is 307 g/mol. The van der Waals surface area contributed by atoms with Crippen LogP contribution in [-0.4, -0.2) is 60.3 Å². The van der Waals surface area contributed by atoms with E-state index in [9.17, 15) is 23.9 Å². The van der Waals surface area contributed by atoms with Crippen molar-refractivity contribution in [2.24, 2.45) is 0 Å². The summed E-state index contributed by atoms with van der Waals surface area (Å²) in [4.78, 5) is 32.9. The van der Waals surface area contributed by atoms with Gasteiger partial charge in [0.25, 0.3) is 0 Å². The maximum Gasteiger partial charge on any atom is 0.303 e. The molecular formula is C12H18FNO7. The van der Waals surface area contributed by atoms with E-state index in [2.05, 4.69) is 10.1 Å². The molecule has 0 aromatic rings. The summed E-state index contributed by atoms with van der Waals surface area (Å²) in [5.74, 6) is -1.97. The summed E-state index contributed by atoms with van der Waals surface area (Å²) in [5.41, 5.74) is 0. The molecule has 1 aliphatic rings. The first kappa shape index (κ1) is 17.3. The van der Waals surface area contributed by atoms with Gasteiger partial charge in [0, 0.05) is 20.8 Å². The zero-order valence-electron chi connectivity index (χ0n) is 11.9. The van der Waals surface area contributed by atoms with Crippen LogP contribution >= 0.6 is 0 Å². The van der Waals surface area contributed by atoms with Gasteiger partial charge in [-0.25, -0.2) is 4.39 Å². The van der Waals surface area contributed by atoms with Crippen LogP contribution in [-0.2, 0) is 28.6 Å². The van der Waals surface area contributed by atoms with E-state index in [4.69, 9.17) is 9.47 Å². The highest BCUT2D eigenvalue weighted by Crippen LogP contribution is 2.25. The molecule has 1 rings (SSSR count). The second-order valence-electron chi connectivity index (χ2n) is 4.61. The number of hydrogen-bond donors (Lipinski definition) is 2. The number of esters is 2. The molecule has 21 heavy (non-hydrogen) atoms. The van der Waals surface area contributed by atoms with E-state index < -0.39 is 55.2 Å². The number of aliphatic hydroxyl groups excluding tert-OH is 1. The van der Waals surface area contributed by atoms with E-state index in [-0.39, 0.29) is 0 Å². The number of carbonyl (C=O) groups excluding carboxylic acids is 3. The molecule has 1 saturated heterocycles. The summed E-state index contributed by atoms with van der Waals surface area (Å²) in [6, 6.07) is -1.25. The van der Waals surface area contributed by atoms with Gasteiger partial charge in [-0.2, -0.15) is 0 Å². The summed E-state index contributed by atoms with van der Waals surface area (Å²) in [6.07, 6.45) is -6.24. The Balaban J connectivity index is 2.87. The summed E-state index contributed by atoms with van der Waals surface area (Å²) in [6.45, 7) is 2.92. The lowest BCUT2D eigenvalue weighted by atomic mass is 9.98. The molecular weight excluding hydrogens is 289 g/mol. The fourth-order valence-electron chi connectivity index (χ4n) is 1.96. The van der Waals surface area contributed by atoms with E-state index in [1.807, 2.05) is 0 Å². The van der Waals surface area contributed by atoms with Crippen LogP contribution in [0.5, 0.6) is 0 Å². The highest BCUT2D eigenvalue weighted by Gasteiger charge is 2.48. The fraction of sp³-hybridized carbons (Fsp3) is 0.750. The van der Waals surface area contributed by atoms with Gasteiger partial charge in [-0.05, 0) is 0 Å². The second-order valence-corrected chi connectivity index (χ2v) is 4.61. The number of aliphatic hydroxyl groups is 1. The summed E-state index contributed by atoms with van der Waals surface area (Å²) in [7, 11) is 0. The number of halogens is 1. The van der Waals surface area contributed by atoms with Crippen molar-refractivity contribution in [3.8, 4) is 0 Å². The van der Waals surface area contributed by atoms with Crippen LogP contribution in [0.15, 0.2) is 0 Å². The van der Waals surface area contributed by atoms with E-state index >= 15 is 0 Å². The fourth-order valence-corrected chi connectivity index (χ4v) is 1.96. The van der Waals surface area contributed by atoms with Gasteiger partial charge in [0.05, 0.1) is 0 Å². The third-order valence-corrected chi connectivity index (χ3v) is 2.77. The Morgan fingerprint density at radius 2 is 1.86 bits per heavy atom. The van der Waals surface area contributed by atoms with E-state index in [1.165, 1.54) is 0 Å². The van der Waals surface area contributed by atoms with Crippen molar-refractivity contribution >= 4 is 17.8 Å². The third kappa shape index (κ3) is 4.94. The maximum absolute atomic E-state index is 14.3. The van der Waals surface area contributed by atoms with Crippen molar-refractivity contribution in [3.05, 3.63) is 0 Å². The Bertz CT molecular complexity index is 416. The van der Waals surface area contributed by atoms with Gasteiger partial charge >= 0.3 is 11.9 Å². The first-order chi connectivity index (χ1) is 9.72. The lowest BCUT2D eigenvalue weighted by molar-refractivity contribution is -0.247. The molecule has 0 saturated carbocycles. The van der Waals surface area contributed by atoms with E-state index in [1.54, 1.807) is 0 Å². The van der Waals surface area contributed by atoms with Gasteiger partial charge in [0.15, 0.2) is 18.6 Å². The standard InChI is InChI=1S/C12H18FNO7/c1-5(15)14-10-11(20-7(3)17)9(13)8(21-12(10)18)4-19-6(2)16/h8-12,18H,4H2,1-3H3,(H,14,15)/t8-,9-,10-,11+,12+/m1/s1. The summed E-state index contributed by atoms with van der Waals surface area (Å²) < 4.78 is 28.8. The molecule has 8 nitrogen and oxygen atoms in total. The number of amides is 1. The molecule has 120 valence electrons. The molecule has 0 aromatic carbocycles. The van der Waals surface area contributed by atoms with Crippen molar-refractivity contribution in [2.75, 3.05) is 6.61 Å². The molecule has 0 bridgehead atoms. The number of ether oxygens (including phenoxy) is 3. The maximum atomic E-state index is 14.3. The first-order valence-corrected chi connectivity index (χ1v) is 6.27. The Labute approximate surface area is 120 Å². The molecule has 0 radical (unpaired) electrons. The molecule has 1 heterocycles. The minimum Gasteiger partial charge on any atom is -0.463 e. The highest BCUT2D eigenvalue weighted by atomic mass is 19.1. The first-order valence-electron chi connectivity index (χ1n) is 6.27. The number of alkyl halides is 1. The Kier molecular flexibility index (Phi) is 6.03. The largest absolute Gasteiger partial charge is 0.463 e. The van der Waals surface area contributed by atoms with E-state index in [0.717, 1.165) is 20.8 Å². The molecule has 2 N–H and O–H groups in total. The van der Waals surface area contributed by atoms with Crippen molar-refractivity contribution in [2.45, 2.75) is 51.5 Å². The zero-order chi connectivity index (χ0) is 16.2. The minimum atomic E-state index is -1.88. The smallest absolute Gasteiger partial charge is 0.303 e. The Morgan fingerprint density at radius 1 is 1.24 bits per heavy atom. The molecule has 1 fully saturated rings. The lowest BCUT2D eigenvalue weighted by Crippen LogP contribution is -2.64. The molecule has 5 atom stereocenters. The van der Waals surface area contributed by atoms with Gasteiger partial charge in [-0.3, -0.25) is 14.4 Å². The Morgan fingerprint density at radius 3 is 2.33 bits per heavy atom. The second kappa shape index (κ2) is 7.32. The van der Waals surface area contributed by atoms with Crippen LogP contribution in [0.4, 0.5) is 4.39 Å². The molecule has 0 aromatic heterocycles. The van der Waals surface area contributed by atoms with Crippen LogP contribution in [0.3, 0.4) is 0 Å². The number of nitrogens with one attached hydrogen (secondary N) is 1. The van der Waals surface area contributed by atoms with Crippen molar-refractivity contribution in [1.29, 1.82) is 0 Å². The van der Waals surface area contributed by atoms with Crippen molar-refractivity contribution in [3.63, 3.8) is 0 Å². The highest BCUT2D eigenvalue weighted by molar-refractivity contribution is 5.73. The molecule has 1 amide bonds. The topological polar surface area (TPSA) is 111 Å². The SMILES string of the molecule is CC(=O)N[C@@H]1[C@@H](OC(C)=O)[C@H](F)[C@@H](COC(C)=O)O[C@@H]1O. The normalized spacial score (nSPS) is 32.1. The van der Waals surface area contributed by atoms with Gasteiger partial charge in [0.1, 0.15) is 18.8 Å². The predicted octanol–water partition coefficient (Wildman–Crippen LogP) is -0.959. The molecule has 0 unspecified atom stereocenters. The van der Waals surface area contributed by atoms with Crippen molar-refractivity contribution in [1.82, 2.24) is 5.32 Å². The van der Waals surface area contributed by atoms with Gasteiger partial charge in [-0.15, -0.1) is 0 Å². The summed E-state index contributed by atoms with van der Waals surface area (Å²) >= 11 is 0. The van der Waals surface area contributed by atoms with Crippen LogP contribution in [0, 0.1) is 0 Å². The van der Waals surface area contributed by atoms with Crippen LogP contribution < -0.4 is 5.32 Å². The van der Waals surface area contributed by atoms with E-state index in [0.29, 0.717) is 0 Å². The number of hydrogen-bond acceptors (Lipinski definition) is 7. The van der Waals surface area contributed by atoms with Crippen LogP contribution in [0.1, 0.15) is 20.8 Å². The molecule has 9 heteroatoms. The number of rotatable bonds is 4. The molecule has 0 spiro atoms. The van der Waals surface area contributed by atoms with Crippen molar-refractivity contribution < 1.29 is 38.1 Å². The third-order valence-electron chi connectivity index (χ3n) is 2.77. The van der Waals surface area contributed by atoms with Crippen LogP contribution in [0.2, 0.25) is 0 Å². The molecule has 0 aliphatic carbocycles. The van der Waals surface area contributed by atoms with Crippen LogP contribution in [0.25, 0.3) is 0 Å². The minimum absolute atomic E-state index is 0.446. The molecule has 1 aliphatic heterocycles. The van der Waals surface area contributed by atoms with Gasteiger partial charge in [0.2, 0.25) is 5.91 Å². The predicted molar refractivity (Wildman–Crippen MR) is 65.6 cm³/mol. The van der Waals surface area contributed by atoms with Gasteiger partial charge < -0.3 is 24.6 Å². The average Bonchev–Trinajstić information content (AvgIpc) is 2.35. The average molecular weight is 307 g/mol. The lowest BCUT2D eigenvalue weighted by Gasteiger charge is -2.40.